The highest BCUT2D eigenvalue weighted by atomic mass is 16.2. The van der Waals surface area contributed by atoms with Crippen LogP contribution in [0.1, 0.15) is 17.5 Å². The lowest BCUT2D eigenvalue weighted by atomic mass is 9.76. The molecule has 3 aliphatic rings. The second kappa shape index (κ2) is 6.50. The number of primary amides is 1. The van der Waals surface area contributed by atoms with E-state index in [0.29, 0.717) is 11.3 Å². The number of nitrogens with one attached hydrogen (secondary N) is 1. The molecule has 2 aromatic rings. The molecule has 152 valence electrons. The molecule has 30 heavy (non-hydrogen) atoms. The number of fused-ring (bicyclic) bond motifs is 4. The molecule has 3 heterocycles. The molecular formula is C22H21N4O4+. The van der Waals surface area contributed by atoms with Gasteiger partial charge in [-0.25, -0.2) is 0 Å². The molecule has 0 bridgehead atoms. The second-order valence-electron chi connectivity index (χ2n) is 8.12. The fraction of sp³-hybridized carbons (Fsp3) is 0.273. The molecule has 0 saturated carbocycles. The maximum Gasteiger partial charge on any atom is 0.291 e. The normalized spacial score (nSPS) is 29.3. The largest absolute Gasteiger partial charge is 0.369 e. The molecule has 0 unspecified atom stereocenters. The molecular weight excluding hydrogens is 384 g/mol. The number of quaternary nitrogens is 1. The molecule has 1 spiro atoms. The van der Waals surface area contributed by atoms with Crippen LogP contribution in [0.2, 0.25) is 0 Å². The topological polar surface area (TPSA) is 126 Å². The first-order valence-electron chi connectivity index (χ1n) is 9.88. The summed E-state index contributed by atoms with van der Waals surface area (Å²) in [5.74, 6) is -3.32. The lowest BCUT2D eigenvalue weighted by Crippen LogP contribution is -2.99. The number of carbonyl (C=O) groups is 4. The maximum atomic E-state index is 13.5. The van der Waals surface area contributed by atoms with Crippen molar-refractivity contribution in [3.8, 4) is 0 Å². The quantitative estimate of drug-likeness (QED) is 0.591. The number of nitrogens with two attached hydrogens (primary N) is 2. The summed E-state index contributed by atoms with van der Waals surface area (Å²) >= 11 is 0. The van der Waals surface area contributed by atoms with E-state index in [1.165, 1.54) is 4.90 Å². The van der Waals surface area contributed by atoms with Gasteiger partial charge < -0.3 is 16.4 Å². The third kappa shape index (κ3) is 2.43. The number of hydrogen-bond donors (Lipinski definition) is 3. The monoisotopic (exact) mass is 405 g/mol. The number of anilines is 1. The number of hydrogen-bond acceptors (Lipinski definition) is 4. The minimum absolute atomic E-state index is 0.0867. The minimum Gasteiger partial charge on any atom is -0.369 e. The number of rotatable bonds is 4. The number of imide groups is 1. The zero-order valence-corrected chi connectivity index (χ0v) is 16.1. The summed E-state index contributed by atoms with van der Waals surface area (Å²) in [5.41, 5.74) is 6.27. The molecule has 2 saturated heterocycles. The van der Waals surface area contributed by atoms with Crippen molar-refractivity contribution in [1.29, 1.82) is 0 Å². The first kappa shape index (κ1) is 18.5. The van der Waals surface area contributed by atoms with Crippen LogP contribution in [0.5, 0.6) is 0 Å². The van der Waals surface area contributed by atoms with E-state index in [1.54, 1.807) is 29.6 Å². The SMILES string of the molecule is NC(=O)C[C@@H]1[NH2+][C@]2(C(=O)Nc3ccccc32)[C@@H]2C(=O)N(Cc3ccccc3)C(=O)[C@H]12. The van der Waals surface area contributed by atoms with Crippen molar-refractivity contribution in [2.45, 2.75) is 24.5 Å². The van der Waals surface area contributed by atoms with E-state index in [0.717, 1.165) is 5.56 Å². The third-order valence-electron chi connectivity index (χ3n) is 6.49. The molecule has 0 radical (unpaired) electrons. The summed E-state index contributed by atoms with van der Waals surface area (Å²) in [7, 11) is 0. The molecule has 3 aliphatic heterocycles. The molecule has 0 aromatic heterocycles. The molecule has 8 nitrogen and oxygen atoms in total. The first-order chi connectivity index (χ1) is 14.4. The highest BCUT2D eigenvalue weighted by molar-refractivity contribution is 6.14. The van der Waals surface area contributed by atoms with Crippen molar-refractivity contribution in [2.24, 2.45) is 17.6 Å². The molecule has 5 N–H and O–H groups in total. The number of para-hydroxylation sites is 1. The Morgan fingerprint density at radius 1 is 1.03 bits per heavy atom. The summed E-state index contributed by atoms with van der Waals surface area (Å²) in [6, 6.07) is 15.8. The van der Waals surface area contributed by atoms with E-state index >= 15 is 0 Å². The van der Waals surface area contributed by atoms with Crippen molar-refractivity contribution in [3.05, 3.63) is 65.7 Å². The van der Waals surface area contributed by atoms with Crippen LogP contribution in [0.4, 0.5) is 5.69 Å². The highest BCUT2D eigenvalue weighted by Crippen LogP contribution is 2.49. The van der Waals surface area contributed by atoms with Gasteiger partial charge in [0, 0.05) is 5.56 Å². The fourth-order valence-electron chi connectivity index (χ4n) is 5.32. The Morgan fingerprint density at radius 3 is 2.47 bits per heavy atom. The van der Waals surface area contributed by atoms with Gasteiger partial charge in [-0.05, 0) is 11.6 Å². The van der Waals surface area contributed by atoms with Crippen molar-refractivity contribution in [2.75, 3.05) is 5.32 Å². The standard InChI is InChI=1S/C22H20N4O4/c23-16(27)10-15-17-18(20(29)26(19(17)28)11-12-6-2-1-3-7-12)22(25-15)13-8-4-5-9-14(13)24-21(22)30/h1-9,15,17-18,25H,10-11H2,(H2,23,27)(H,24,30)/p+1/t15-,17+,18-,22-/m0/s1. The predicted octanol–water partition coefficient (Wildman–Crippen LogP) is -0.544. The zero-order valence-electron chi connectivity index (χ0n) is 16.1. The molecule has 2 aromatic carbocycles. The smallest absolute Gasteiger partial charge is 0.291 e. The van der Waals surface area contributed by atoms with Crippen molar-refractivity contribution < 1.29 is 24.5 Å². The van der Waals surface area contributed by atoms with Gasteiger partial charge in [0.05, 0.1) is 18.7 Å². The van der Waals surface area contributed by atoms with Gasteiger partial charge in [-0.1, -0.05) is 48.5 Å². The van der Waals surface area contributed by atoms with Crippen LogP contribution in [0, 0.1) is 11.8 Å². The Balaban J connectivity index is 1.61. The molecule has 2 fully saturated rings. The average molecular weight is 405 g/mol. The molecule has 4 amide bonds. The van der Waals surface area contributed by atoms with Crippen molar-refractivity contribution in [3.63, 3.8) is 0 Å². The van der Waals surface area contributed by atoms with Crippen LogP contribution in [0.25, 0.3) is 0 Å². The van der Waals surface area contributed by atoms with E-state index < -0.39 is 29.3 Å². The van der Waals surface area contributed by atoms with Crippen molar-refractivity contribution in [1.82, 2.24) is 4.90 Å². The fourth-order valence-corrected chi connectivity index (χ4v) is 5.32. The average Bonchev–Trinajstić information content (AvgIpc) is 3.29. The van der Waals surface area contributed by atoms with Crippen molar-refractivity contribution >= 4 is 29.3 Å². The van der Waals surface area contributed by atoms with Crippen LogP contribution < -0.4 is 16.4 Å². The summed E-state index contributed by atoms with van der Waals surface area (Å²) < 4.78 is 0. The van der Waals surface area contributed by atoms with Gasteiger partial charge in [0.25, 0.3) is 5.91 Å². The first-order valence-corrected chi connectivity index (χ1v) is 9.88. The Labute approximate surface area is 172 Å². The predicted molar refractivity (Wildman–Crippen MR) is 105 cm³/mol. The number of likely N-dealkylation sites (tertiary alicyclic amines) is 1. The van der Waals surface area contributed by atoms with E-state index in [9.17, 15) is 19.2 Å². The summed E-state index contributed by atoms with van der Waals surface area (Å²) in [6.07, 6.45) is -0.0867. The molecule has 5 rings (SSSR count). The van der Waals surface area contributed by atoms with Gasteiger partial charge in [0.1, 0.15) is 17.9 Å². The summed E-state index contributed by atoms with van der Waals surface area (Å²) in [4.78, 5) is 53.0. The number of nitrogens with zero attached hydrogens (tertiary/aromatic N) is 1. The van der Waals surface area contributed by atoms with Gasteiger partial charge in [0.15, 0.2) is 0 Å². The Bertz CT molecular complexity index is 1090. The lowest BCUT2D eigenvalue weighted by molar-refractivity contribution is -0.732. The van der Waals surface area contributed by atoms with Gasteiger partial charge in [-0.2, -0.15) is 0 Å². The highest BCUT2D eigenvalue weighted by Gasteiger charge is 2.74. The van der Waals surface area contributed by atoms with Gasteiger partial charge in [-0.3, -0.25) is 24.1 Å². The summed E-state index contributed by atoms with van der Waals surface area (Å²) in [5, 5.41) is 4.56. The van der Waals surface area contributed by atoms with Gasteiger partial charge in [0.2, 0.25) is 23.3 Å². The van der Waals surface area contributed by atoms with Gasteiger partial charge >= 0.3 is 0 Å². The summed E-state index contributed by atoms with van der Waals surface area (Å²) in [6.45, 7) is 0.133. The number of benzene rings is 2. The van der Waals surface area contributed by atoms with E-state index in [2.05, 4.69) is 5.32 Å². The van der Waals surface area contributed by atoms with Crippen LogP contribution in [-0.2, 0) is 31.3 Å². The Hall–Kier alpha value is -3.52. The number of carbonyl (C=O) groups excluding carboxylic acids is 4. The maximum absolute atomic E-state index is 13.5. The van der Waals surface area contributed by atoms with Crippen LogP contribution >= 0.6 is 0 Å². The van der Waals surface area contributed by atoms with E-state index in [-0.39, 0.29) is 30.7 Å². The Morgan fingerprint density at radius 2 is 1.73 bits per heavy atom. The second-order valence-corrected chi connectivity index (χ2v) is 8.12. The lowest BCUT2D eigenvalue weighted by Gasteiger charge is -2.26. The van der Waals surface area contributed by atoms with Crippen LogP contribution in [0.15, 0.2) is 54.6 Å². The van der Waals surface area contributed by atoms with E-state index in [1.807, 2.05) is 30.3 Å². The van der Waals surface area contributed by atoms with E-state index in [4.69, 9.17) is 5.73 Å². The zero-order chi connectivity index (χ0) is 21.0. The van der Waals surface area contributed by atoms with Crippen LogP contribution in [-0.4, -0.2) is 34.6 Å². The Kier molecular flexibility index (Phi) is 4.01. The molecule has 0 aliphatic carbocycles. The van der Waals surface area contributed by atoms with Crippen LogP contribution in [0.3, 0.4) is 0 Å². The third-order valence-corrected chi connectivity index (χ3v) is 6.49. The van der Waals surface area contributed by atoms with Gasteiger partial charge in [-0.15, -0.1) is 0 Å². The minimum atomic E-state index is -1.28. The number of amides is 4. The molecule has 4 atom stereocenters. The molecule has 8 heteroatoms.